The maximum atomic E-state index is 12.3. The number of carbonyl (C=O) groups is 1. The third-order valence-corrected chi connectivity index (χ3v) is 4.86. The summed E-state index contributed by atoms with van der Waals surface area (Å²) in [7, 11) is 0. The van der Waals surface area contributed by atoms with Crippen LogP contribution in [0.15, 0.2) is 5.38 Å². The van der Waals surface area contributed by atoms with Gasteiger partial charge in [0.1, 0.15) is 10.5 Å². The predicted octanol–water partition coefficient (Wildman–Crippen LogP) is 4.28. The monoisotopic (exact) mass is 324 g/mol. The van der Waals surface area contributed by atoms with Crippen LogP contribution in [0.2, 0.25) is 0 Å². The third kappa shape index (κ3) is 3.44. The van der Waals surface area contributed by atoms with Crippen molar-refractivity contribution in [3.63, 3.8) is 0 Å². The van der Waals surface area contributed by atoms with E-state index in [9.17, 15) is 4.79 Å². The highest BCUT2D eigenvalue weighted by molar-refractivity contribution is 7.18. The minimum absolute atomic E-state index is 0.363. The fourth-order valence-electron chi connectivity index (χ4n) is 1.98. The van der Waals surface area contributed by atoms with Crippen LogP contribution in [-0.4, -0.2) is 16.6 Å². The Labute approximate surface area is 133 Å². The van der Waals surface area contributed by atoms with E-state index >= 15 is 0 Å². The Hall–Kier alpha value is -1.40. The van der Waals surface area contributed by atoms with E-state index in [4.69, 9.17) is 10.5 Å². The fourth-order valence-corrected chi connectivity index (χ4v) is 3.81. The molecule has 0 bridgehead atoms. The zero-order chi connectivity index (χ0) is 15.8. The number of hydrogen-bond acceptors (Lipinski definition) is 6. The van der Waals surface area contributed by atoms with Gasteiger partial charge in [0.25, 0.3) is 0 Å². The lowest BCUT2D eigenvalue weighted by Gasteiger charge is -2.19. The van der Waals surface area contributed by atoms with Crippen LogP contribution in [0.3, 0.4) is 0 Å². The van der Waals surface area contributed by atoms with Gasteiger partial charge in [0.2, 0.25) is 0 Å². The van der Waals surface area contributed by atoms with Crippen LogP contribution >= 0.6 is 22.7 Å². The van der Waals surface area contributed by atoms with Gasteiger partial charge in [-0.25, -0.2) is 9.78 Å². The molecule has 4 nitrogen and oxygen atoms in total. The Morgan fingerprint density at radius 1 is 1.43 bits per heavy atom. The van der Waals surface area contributed by atoms with E-state index in [1.165, 1.54) is 11.3 Å². The summed E-state index contributed by atoms with van der Waals surface area (Å²) in [5, 5.41) is 3.00. The first kappa shape index (κ1) is 16.0. The summed E-state index contributed by atoms with van der Waals surface area (Å²) in [5.74, 6) is -0.363. The zero-order valence-corrected chi connectivity index (χ0v) is 14.6. The lowest BCUT2D eigenvalue weighted by Crippen LogP contribution is -2.23. The molecular weight excluding hydrogens is 304 g/mol. The second-order valence-electron chi connectivity index (χ2n) is 5.76. The quantitative estimate of drug-likeness (QED) is 0.856. The number of aryl methyl sites for hydroxylation is 1. The number of nitrogen functional groups attached to an aromatic ring is 1. The molecule has 0 saturated carbocycles. The van der Waals surface area contributed by atoms with Crippen LogP contribution in [0.5, 0.6) is 0 Å². The number of anilines is 1. The van der Waals surface area contributed by atoms with Crippen LogP contribution in [-0.2, 0) is 11.2 Å². The largest absolute Gasteiger partial charge is 0.456 e. The smallest absolute Gasteiger partial charge is 0.351 e. The highest BCUT2D eigenvalue weighted by Gasteiger charge is 2.26. The van der Waals surface area contributed by atoms with Crippen molar-refractivity contribution in [3.8, 4) is 10.6 Å². The summed E-state index contributed by atoms with van der Waals surface area (Å²) in [5.41, 5.74) is 8.03. The van der Waals surface area contributed by atoms with E-state index in [1.807, 2.05) is 40.0 Å². The molecule has 0 fully saturated rings. The fraction of sp³-hybridized carbons (Fsp3) is 0.467. The van der Waals surface area contributed by atoms with Gasteiger partial charge in [0, 0.05) is 5.38 Å². The molecule has 2 aromatic rings. The topological polar surface area (TPSA) is 65.2 Å². The molecule has 0 aromatic carbocycles. The number of esters is 1. The first-order valence-corrected chi connectivity index (χ1v) is 8.49. The van der Waals surface area contributed by atoms with Gasteiger partial charge >= 0.3 is 5.97 Å². The van der Waals surface area contributed by atoms with Gasteiger partial charge in [-0.15, -0.1) is 22.7 Å². The summed E-state index contributed by atoms with van der Waals surface area (Å²) in [6.45, 7) is 9.53. The van der Waals surface area contributed by atoms with Gasteiger partial charge in [-0.2, -0.15) is 0 Å². The van der Waals surface area contributed by atoms with Crippen LogP contribution < -0.4 is 5.73 Å². The Kier molecular flexibility index (Phi) is 4.39. The van der Waals surface area contributed by atoms with Crippen molar-refractivity contribution in [2.75, 3.05) is 5.73 Å². The number of hydrogen-bond donors (Lipinski definition) is 1. The van der Waals surface area contributed by atoms with Gasteiger partial charge in [-0.1, -0.05) is 6.92 Å². The third-order valence-electron chi connectivity index (χ3n) is 2.84. The van der Waals surface area contributed by atoms with Crippen LogP contribution in [0.25, 0.3) is 10.6 Å². The molecule has 2 aromatic heterocycles. The zero-order valence-electron chi connectivity index (χ0n) is 12.9. The molecular formula is C15H20N2O2S2. The first-order chi connectivity index (χ1) is 9.73. The molecule has 0 spiro atoms. The molecule has 0 saturated heterocycles. The van der Waals surface area contributed by atoms with Crippen molar-refractivity contribution in [2.24, 2.45) is 0 Å². The van der Waals surface area contributed by atoms with Gasteiger partial charge in [-0.3, -0.25) is 0 Å². The Bertz CT molecular complexity index is 666. The summed E-state index contributed by atoms with van der Waals surface area (Å²) >= 11 is 2.96. The van der Waals surface area contributed by atoms with E-state index < -0.39 is 5.60 Å². The SMILES string of the molecule is CCc1c(-c2csc(C)n2)sc(C(=O)OC(C)(C)C)c1N. The molecule has 0 atom stereocenters. The molecule has 2 heterocycles. The van der Waals surface area contributed by atoms with Crippen molar-refractivity contribution < 1.29 is 9.53 Å². The summed E-state index contributed by atoms with van der Waals surface area (Å²) < 4.78 is 5.43. The van der Waals surface area contributed by atoms with Crippen molar-refractivity contribution in [2.45, 2.75) is 46.6 Å². The lowest BCUT2D eigenvalue weighted by atomic mass is 10.1. The molecule has 0 aliphatic rings. The van der Waals surface area contributed by atoms with Gasteiger partial charge < -0.3 is 10.5 Å². The normalized spacial score (nSPS) is 11.7. The number of nitrogens with zero attached hydrogens (tertiary/aromatic N) is 1. The van der Waals surface area contributed by atoms with Crippen LogP contribution in [0.4, 0.5) is 5.69 Å². The minimum atomic E-state index is -0.530. The average Bonchev–Trinajstić information content (AvgIpc) is 2.90. The minimum Gasteiger partial charge on any atom is -0.456 e. The number of thiazole rings is 1. The van der Waals surface area contributed by atoms with Crippen molar-refractivity contribution in [1.29, 1.82) is 0 Å². The van der Waals surface area contributed by atoms with E-state index in [0.717, 1.165) is 27.6 Å². The molecule has 0 radical (unpaired) electrons. The first-order valence-electron chi connectivity index (χ1n) is 6.80. The summed E-state index contributed by atoms with van der Waals surface area (Å²) in [6, 6.07) is 0. The van der Waals surface area contributed by atoms with Crippen molar-refractivity contribution >= 4 is 34.3 Å². The standard InChI is InChI=1S/C15H20N2O2S2/c1-6-9-11(16)13(14(18)19-15(3,4)5)21-12(9)10-7-20-8(2)17-10/h7H,6,16H2,1-5H3. The Balaban J connectivity index is 2.45. The average molecular weight is 324 g/mol. The molecule has 0 aliphatic carbocycles. The molecule has 21 heavy (non-hydrogen) atoms. The van der Waals surface area contributed by atoms with Gasteiger partial charge in [0.05, 0.1) is 21.3 Å². The number of aromatic nitrogens is 1. The number of rotatable bonds is 3. The van der Waals surface area contributed by atoms with Crippen molar-refractivity contribution in [3.05, 3.63) is 20.8 Å². The molecule has 0 unspecified atom stereocenters. The second-order valence-corrected chi connectivity index (χ2v) is 7.84. The molecule has 2 N–H and O–H groups in total. The number of nitrogens with two attached hydrogens (primary N) is 1. The molecule has 2 rings (SSSR count). The highest BCUT2D eigenvalue weighted by Crippen LogP contribution is 2.40. The summed E-state index contributed by atoms with van der Waals surface area (Å²) in [4.78, 5) is 18.2. The Morgan fingerprint density at radius 2 is 2.10 bits per heavy atom. The molecule has 114 valence electrons. The van der Waals surface area contributed by atoms with E-state index in [-0.39, 0.29) is 5.97 Å². The molecule has 6 heteroatoms. The van der Waals surface area contributed by atoms with Gasteiger partial charge in [0.15, 0.2) is 0 Å². The lowest BCUT2D eigenvalue weighted by molar-refractivity contribution is 0.00763. The van der Waals surface area contributed by atoms with Crippen molar-refractivity contribution in [1.82, 2.24) is 4.98 Å². The number of ether oxygens (including phenoxy) is 1. The van der Waals surface area contributed by atoms with Gasteiger partial charge in [-0.05, 0) is 39.7 Å². The second kappa shape index (κ2) is 5.77. The summed E-state index contributed by atoms with van der Waals surface area (Å²) in [6.07, 6.45) is 0.761. The van der Waals surface area contributed by atoms with Crippen LogP contribution in [0.1, 0.15) is 47.9 Å². The predicted molar refractivity (Wildman–Crippen MR) is 89.1 cm³/mol. The Morgan fingerprint density at radius 3 is 2.57 bits per heavy atom. The molecule has 0 amide bonds. The molecule has 0 aliphatic heterocycles. The van der Waals surface area contributed by atoms with E-state index in [1.54, 1.807) is 11.3 Å². The van der Waals surface area contributed by atoms with Crippen LogP contribution in [0, 0.1) is 6.92 Å². The number of thiophene rings is 1. The van der Waals surface area contributed by atoms with E-state index in [2.05, 4.69) is 4.98 Å². The number of carbonyl (C=O) groups excluding carboxylic acids is 1. The highest BCUT2D eigenvalue weighted by atomic mass is 32.1. The van der Waals surface area contributed by atoms with E-state index in [0.29, 0.717) is 10.6 Å². The maximum Gasteiger partial charge on any atom is 0.351 e. The maximum absolute atomic E-state index is 12.3.